The lowest BCUT2D eigenvalue weighted by molar-refractivity contribution is 0.502. The summed E-state index contributed by atoms with van der Waals surface area (Å²) in [6, 6.07) is 4.88. The number of hydrogen-bond acceptors (Lipinski definition) is 3. The quantitative estimate of drug-likeness (QED) is 0.852. The van der Waals surface area contributed by atoms with Gasteiger partial charge in [-0.3, -0.25) is 0 Å². The van der Waals surface area contributed by atoms with Crippen molar-refractivity contribution in [1.82, 2.24) is 4.98 Å². The smallest absolute Gasteiger partial charge is 0.128 e. The second kappa shape index (κ2) is 6.01. The van der Waals surface area contributed by atoms with Crippen molar-refractivity contribution in [2.45, 2.75) is 46.2 Å². The number of aromatic nitrogens is 1. The molecule has 2 N–H and O–H groups in total. The fraction of sp³-hybridized carbons (Fsp3) is 0.643. The van der Waals surface area contributed by atoms with Gasteiger partial charge in [0.25, 0.3) is 0 Å². The van der Waals surface area contributed by atoms with Gasteiger partial charge in [-0.2, -0.15) is 0 Å². The van der Waals surface area contributed by atoms with E-state index in [1.165, 1.54) is 5.56 Å². The van der Waals surface area contributed by atoms with Gasteiger partial charge in [0.15, 0.2) is 0 Å². The van der Waals surface area contributed by atoms with E-state index in [4.69, 9.17) is 5.73 Å². The van der Waals surface area contributed by atoms with Crippen molar-refractivity contribution in [3.05, 3.63) is 23.9 Å². The Bertz CT molecular complexity index is 330. The highest BCUT2D eigenvalue weighted by Gasteiger charge is 2.14. The monoisotopic (exact) mass is 235 g/mol. The van der Waals surface area contributed by atoms with E-state index in [1.54, 1.807) is 0 Å². The van der Waals surface area contributed by atoms with Crippen LogP contribution in [0.25, 0.3) is 0 Å². The molecule has 0 saturated carbocycles. The molecule has 2 unspecified atom stereocenters. The third-order valence-corrected chi connectivity index (χ3v) is 3.30. The summed E-state index contributed by atoms with van der Waals surface area (Å²) in [6.07, 6.45) is 2.82. The third kappa shape index (κ3) is 4.00. The maximum absolute atomic E-state index is 5.77. The van der Waals surface area contributed by atoms with Gasteiger partial charge in [-0.25, -0.2) is 4.98 Å². The van der Waals surface area contributed by atoms with Gasteiger partial charge in [0.05, 0.1) is 0 Å². The normalized spacial score (nSPS) is 14.8. The van der Waals surface area contributed by atoms with E-state index >= 15 is 0 Å². The number of hydrogen-bond donors (Lipinski definition) is 1. The first-order valence-corrected chi connectivity index (χ1v) is 6.35. The van der Waals surface area contributed by atoms with Crippen molar-refractivity contribution in [3.8, 4) is 0 Å². The number of rotatable bonds is 5. The molecule has 0 aliphatic rings. The fourth-order valence-corrected chi connectivity index (χ4v) is 1.77. The van der Waals surface area contributed by atoms with Crippen LogP contribution in [0.4, 0.5) is 5.82 Å². The van der Waals surface area contributed by atoms with Crippen LogP contribution in [0, 0.1) is 5.92 Å². The summed E-state index contributed by atoms with van der Waals surface area (Å²) in [7, 11) is 2.10. The van der Waals surface area contributed by atoms with Gasteiger partial charge in [-0.05, 0) is 37.8 Å². The zero-order valence-electron chi connectivity index (χ0n) is 11.6. The second-order valence-electron chi connectivity index (χ2n) is 5.30. The Balaban J connectivity index is 2.73. The highest BCUT2D eigenvalue weighted by molar-refractivity contribution is 5.39. The average molecular weight is 235 g/mol. The van der Waals surface area contributed by atoms with E-state index in [2.05, 4.69) is 49.8 Å². The predicted molar refractivity (Wildman–Crippen MR) is 74.3 cm³/mol. The van der Waals surface area contributed by atoms with Gasteiger partial charge in [0.1, 0.15) is 5.82 Å². The molecular formula is C14H25N3. The molecule has 0 aliphatic heterocycles. The van der Waals surface area contributed by atoms with Crippen molar-refractivity contribution in [1.29, 1.82) is 0 Å². The highest BCUT2D eigenvalue weighted by Crippen LogP contribution is 2.17. The molecule has 0 spiro atoms. The molecule has 1 heterocycles. The standard InChI is InChI=1S/C14H25N3/c1-10(2)12(4)17(5)14-7-6-13(9-16-14)8-11(3)15/h6-7,9-12H,8,15H2,1-5H3. The minimum atomic E-state index is 0.190. The van der Waals surface area contributed by atoms with Crippen molar-refractivity contribution in [3.63, 3.8) is 0 Å². The van der Waals surface area contributed by atoms with E-state index in [-0.39, 0.29) is 6.04 Å². The summed E-state index contributed by atoms with van der Waals surface area (Å²) in [6.45, 7) is 8.69. The lowest BCUT2D eigenvalue weighted by atomic mass is 10.1. The first-order chi connectivity index (χ1) is 7.91. The van der Waals surface area contributed by atoms with Gasteiger partial charge in [-0.15, -0.1) is 0 Å². The highest BCUT2D eigenvalue weighted by atomic mass is 15.2. The number of nitrogens with two attached hydrogens (primary N) is 1. The minimum Gasteiger partial charge on any atom is -0.357 e. The topological polar surface area (TPSA) is 42.1 Å². The van der Waals surface area contributed by atoms with Crippen molar-refractivity contribution in [2.75, 3.05) is 11.9 Å². The zero-order chi connectivity index (χ0) is 13.0. The summed E-state index contributed by atoms with van der Waals surface area (Å²) in [5.74, 6) is 1.64. The van der Waals surface area contributed by atoms with Crippen LogP contribution in [0.2, 0.25) is 0 Å². The predicted octanol–water partition coefficient (Wildman–Crippen LogP) is 2.45. The first-order valence-electron chi connectivity index (χ1n) is 6.35. The summed E-state index contributed by atoms with van der Waals surface area (Å²) in [5.41, 5.74) is 6.98. The Labute approximate surface area is 105 Å². The lowest BCUT2D eigenvalue weighted by Crippen LogP contribution is -2.33. The molecule has 0 aromatic carbocycles. The Morgan fingerprint density at radius 2 is 1.88 bits per heavy atom. The molecule has 0 bridgehead atoms. The fourth-order valence-electron chi connectivity index (χ4n) is 1.77. The van der Waals surface area contributed by atoms with E-state index in [0.717, 1.165) is 12.2 Å². The van der Waals surface area contributed by atoms with Crippen LogP contribution >= 0.6 is 0 Å². The maximum atomic E-state index is 5.77. The number of pyridine rings is 1. The second-order valence-corrected chi connectivity index (χ2v) is 5.30. The third-order valence-electron chi connectivity index (χ3n) is 3.30. The first kappa shape index (κ1) is 14.0. The molecule has 0 aliphatic carbocycles. The van der Waals surface area contributed by atoms with Crippen LogP contribution in [-0.4, -0.2) is 24.1 Å². The van der Waals surface area contributed by atoms with Gasteiger partial charge in [0, 0.05) is 25.3 Å². The van der Waals surface area contributed by atoms with E-state index in [9.17, 15) is 0 Å². The molecule has 0 fully saturated rings. The Kier molecular flexibility index (Phi) is 4.94. The van der Waals surface area contributed by atoms with Gasteiger partial charge < -0.3 is 10.6 Å². The molecule has 96 valence electrons. The molecule has 3 heteroatoms. The molecule has 0 amide bonds. The maximum Gasteiger partial charge on any atom is 0.128 e. The van der Waals surface area contributed by atoms with Gasteiger partial charge in [-0.1, -0.05) is 19.9 Å². The Hall–Kier alpha value is -1.09. The molecular weight excluding hydrogens is 210 g/mol. The summed E-state index contributed by atoms with van der Waals surface area (Å²) < 4.78 is 0. The molecule has 17 heavy (non-hydrogen) atoms. The van der Waals surface area contributed by atoms with Crippen molar-refractivity contribution in [2.24, 2.45) is 11.7 Å². The van der Waals surface area contributed by atoms with E-state index in [0.29, 0.717) is 12.0 Å². The number of nitrogens with zero attached hydrogens (tertiary/aromatic N) is 2. The molecule has 2 atom stereocenters. The number of anilines is 1. The van der Waals surface area contributed by atoms with E-state index < -0.39 is 0 Å². The minimum absolute atomic E-state index is 0.190. The molecule has 1 aromatic rings. The van der Waals surface area contributed by atoms with Crippen molar-refractivity contribution < 1.29 is 0 Å². The molecule has 0 radical (unpaired) electrons. The Morgan fingerprint density at radius 1 is 1.24 bits per heavy atom. The SMILES string of the molecule is CC(N)Cc1ccc(N(C)C(C)C(C)C)nc1. The van der Waals surface area contributed by atoms with Crippen LogP contribution in [0.5, 0.6) is 0 Å². The molecule has 1 rings (SSSR count). The largest absolute Gasteiger partial charge is 0.357 e. The van der Waals surface area contributed by atoms with Crippen LogP contribution in [0.3, 0.4) is 0 Å². The van der Waals surface area contributed by atoms with Crippen molar-refractivity contribution >= 4 is 5.82 Å². The molecule has 3 nitrogen and oxygen atoms in total. The molecule has 1 aromatic heterocycles. The Morgan fingerprint density at radius 3 is 2.29 bits per heavy atom. The lowest BCUT2D eigenvalue weighted by Gasteiger charge is -2.29. The summed E-state index contributed by atoms with van der Waals surface area (Å²) >= 11 is 0. The summed E-state index contributed by atoms with van der Waals surface area (Å²) in [5, 5.41) is 0. The van der Waals surface area contributed by atoms with Crippen LogP contribution in [-0.2, 0) is 6.42 Å². The average Bonchev–Trinajstić information content (AvgIpc) is 2.27. The van der Waals surface area contributed by atoms with Crippen LogP contribution in [0.1, 0.15) is 33.3 Å². The molecule has 0 saturated heterocycles. The van der Waals surface area contributed by atoms with Gasteiger partial charge >= 0.3 is 0 Å². The van der Waals surface area contributed by atoms with Crippen LogP contribution < -0.4 is 10.6 Å². The van der Waals surface area contributed by atoms with Crippen LogP contribution in [0.15, 0.2) is 18.3 Å². The van der Waals surface area contributed by atoms with Gasteiger partial charge in [0.2, 0.25) is 0 Å². The zero-order valence-corrected chi connectivity index (χ0v) is 11.6. The van der Waals surface area contributed by atoms with E-state index in [1.807, 2.05) is 13.1 Å². The summed E-state index contributed by atoms with van der Waals surface area (Å²) in [4.78, 5) is 6.73.